The Balaban J connectivity index is 0.000000171. The molecule has 1 aliphatic carbocycles. The van der Waals surface area contributed by atoms with Crippen LogP contribution in [-0.2, 0) is 12.6 Å². The molecule has 2 nitrogen and oxygen atoms in total. The summed E-state index contributed by atoms with van der Waals surface area (Å²) in [5, 5.41) is 6.24. The second-order valence-electron chi connectivity index (χ2n) is 10.4. The fourth-order valence-electron chi connectivity index (χ4n) is 5.96. The highest BCUT2D eigenvalue weighted by molar-refractivity contribution is 7.19. The molecule has 35 heavy (non-hydrogen) atoms. The first kappa shape index (κ1) is 25.5. The van der Waals surface area contributed by atoms with Crippen LogP contribution in [0.3, 0.4) is 0 Å². The number of hydrogen-bond acceptors (Lipinski definition) is 2. The number of rotatable bonds is 6. The molecule has 0 bridgehead atoms. The standard InChI is InChI=1S/C19H29N.C13H11NS/c1-14(2)18(15(3)4)16-8-10-17(11-9-16)19(20-5)12-6-7-13-19;1-3-9-8-11-10-6-4-5-7-12(10)14(2)13(11)15-9/h8-11,15,18,20H,1,6-7,12-13H2,2-5H3;3-8H,1H2,2H3. The van der Waals surface area contributed by atoms with Crippen molar-refractivity contribution in [3.05, 3.63) is 89.3 Å². The van der Waals surface area contributed by atoms with Crippen molar-refractivity contribution in [2.75, 3.05) is 7.05 Å². The van der Waals surface area contributed by atoms with Crippen LogP contribution in [-0.4, -0.2) is 11.6 Å². The van der Waals surface area contributed by atoms with Crippen LogP contribution in [0.25, 0.3) is 27.2 Å². The minimum absolute atomic E-state index is 0.217. The van der Waals surface area contributed by atoms with Gasteiger partial charge < -0.3 is 9.88 Å². The number of allylic oxidation sites excluding steroid dienone is 1. The molecular formula is C32H40N2S. The molecule has 0 saturated heterocycles. The van der Waals surface area contributed by atoms with Crippen LogP contribution < -0.4 is 5.32 Å². The summed E-state index contributed by atoms with van der Waals surface area (Å²) in [5.41, 5.74) is 5.63. The van der Waals surface area contributed by atoms with Crippen molar-refractivity contribution in [1.82, 2.24) is 9.88 Å². The van der Waals surface area contributed by atoms with Crippen LogP contribution in [0.5, 0.6) is 0 Å². The zero-order valence-electron chi connectivity index (χ0n) is 22.0. The van der Waals surface area contributed by atoms with E-state index in [1.807, 2.05) is 6.08 Å². The largest absolute Gasteiger partial charge is 0.335 e. The van der Waals surface area contributed by atoms with E-state index in [4.69, 9.17) is 0 Å². The van der Waals surface area contributed by atoms with Crippen LogP contribution in [0.4, 0.5) is 0 Å². The molecule has 2 heterocycles. The van der Waals surface area contributed by atoms with Crippen molar-refractivity contribution >= 4 is 38.5 Å². The Hall–Kier alpha value is -2.62. The van der Waals surface area contributed by atoms with Gasteiger partial charge in [-0.05, 0) is 56.0 Å². The number of nitrogens with zero attached hydrogens (tertiary/aromatic N) is 1. The summed E-state index contributed by atoms with van der Waals surface area (Å²) in [7, 11) is 4.22. The summed E-state index contributed by atoms with van der Waals surface area (Å²) in [4.78, 5) is 2.56. The molecule has 1 saturated carbocycles. The van der Waals surface area contributed by atoms with E-state index >= 15 is 0 Å². The van der Waals surface area contributed by atoms with Crippen LogP contribution >= 0.6 is 11.3 Å². The van der Waals surface area contributed by atoms with Crippen molar-refractivity contribution in [1.29, 1.82) is 0 Å². The first-order valence-electron chi connectivity index (χ1n) is 12.9. The predicted molar refractivity (Wildman–Crippen MR) is 156 cm³/mol. The predicted octanol–water partition coefficient (Wildman–Crippen LogP) is 9.03. The van der Waals surface area contributed by atoms with Gasteiger partial charge in [-0.1, -0.05) is 94.0 Å². The Morgan fingerprint density at radius 2 is 1.71 bits per heavy atom. The molecule has 1 fully saturated rings. The van der Waals surface area contributed by atoms with Gasteiger partial charge in [-0.3, -0.25) is 0 Å². The Morgan fingerprint density at radius 3 is 2.29 bits per heavy atom. The molecule has 2 aromatic carbocycles. The van der Waals surface area contributed by atoms with Gasteiger partial charge in [-0.15, -0.1) is 11.3 Å². The lowest BCUT2D eigenvalue weighted by atomic mass is 9.81. The third kappa shape index (κ3) is 4.90. The molecule has 0 radical (unpaired) electrons. The topological polar surface area (TPSA) is 17.0 Å². The number of aryl methyl sites for hydroxylation is 1. The first-order valence-corrected chi connectivity index (χ1v) is 13.7. The van der Waals surface area contributed by atoms with E-state index in [0.29, 0.717) is 11.8 Å². The Labute approximate surface area is 215 Å². The number of fused-ring (bicyclic) bond motifs is 3. The van der Waals surface area contributed by atoms with Gasteiger partial charge in [0, 0.05) is 39.7 Å². The Morgan fingerprint density at radius 1 is 1.06 bits per heavy atom. The van der Waals surface area contributed by atoms with E-state index < -0.39 is 0 Å². The second-order valence-corrected chi connectivity index (χ2v) is 11.4. The van der Waals surface area contributed by atoms with Crippen molar-refractivity contribution in [2.24, 2.45) is 13.0 Å². The second kappa shape index (κ2) is 10.6. The summed E-state index contributed by atoms with van der Waals surface area (Å²) >= 11 is 1.79. The molecule has 3 heteroatoms. The van der Waals surface area contributed by atoms with E-state index in [-0.39, 0.29) is 5.54 Å². The molecule has 1 atom stereocenters. The smallest absolute Gasteiger partial charge is 0.104 e. The van der Waals surface area contributed by atoms with Gasteiger partial charge >= 0.3 is 0 Å². The fraction of sp³-hybridized carbons (Fsp3) is 0.375. The van der Waals surface area contributed by atoms with Gasteiger partial charge in [0.2, 0.25) is 0 Å². The summed E-state index contributed by atoms with van der Waals surface area (Å²) in [6, 6.07) is 20.0. The number of para-hydroxylation sites is 1. The molecule has 1 N–H and O–H groups in total. The summed E-state index contributed by atoms with van der Waals surface area (Å²) in [6.45, 7) is 14.7. The number of hydrogen-bond donors (Lipinski definition) is 1. The normalized spacial score (nSPS) is 15.8. The molecule has 184 valence electrons. The maximum absolute atomic E-state index is 4.17. The molecule has 5 rings (SSSR count). The minimum atomic E-state index is 0.217. The lowest BCUT2D eigenvalue weighted by Gasteiger charge is -2.30. The van der Waals surface area contributed by atoms with Gasteiger partial charge in [0.25, 0.3) is 0 Å². The molecule has 0 amide bonds. The summed E-state index contributed by atoms with van der Waals surface area (Å²) in [6.07, 6.45) is 7.11. The van der Waals surface area contributed by atoms with E-state index in [2.05, 4.69) is 113 Å². The van der Waals surface area contributed by atoms with Crippen molar-refractivity contribution in [3.8, 4) is 0 Å². The maximum Gasteiger partial charge on any atom is 0.104 e. The SMILES string of the molecule is C=C(C)C(c1ccc(C2(NC)CCCC2)cc1)C(C)C.C=Cc1cc2c3ccccc3n(C)c2s1. The molecule has 1 aliphatic rings. The monoisotopic (exact) mass is 484 g/mol. The molecule has 2 aromatic heterocycles. The lowest BCUT2D eigenvalue weighted by molar-refractivity contribution is 0.372. The number of nitrogens with one attached hydrogen (secondary N) is 1. The molecule has 1 unspecified atom stereocenters. The van der Waals surface area contributed by atoms with Crippen molar-refractivity contribution in [2.45, 2.75) is 57.9 Å². The highest BCUT2D eigenvalue weighted by Gasteiger charge is 2.33. The van der Waals surface area contributed by atoms with Crippen LogP contribution in [0.2, 0.25) is 0 Å². The number of benzene rings is 2. The van der Waals surface area contributed by atoms with Gasteiger partial charge in [-0.25, -0.2) is 0 Å². The summed E-state index contributed by atoms with van der Waals surface area (Å²) < 4.78 is 2.25. The molecule has 4 aromatic rings. The van der Waals surface area contributed by atoms with Gasteiger partial charge in [-0.2, -0.15) is 0 Å². The molecule has 0 aliphatic heterocycles. The fourth-order valence-corrected chi connectivity index (χ4v) is 6.95. The summed E-state index contributed by atoms with van der Waals surface area (Å²) in [5.74, 6) is 1.07. The zero-order valence-corrected chi connectivity index (χ0v) is 22.8. The average Bonchev–Trinajstić information content (AvgIpc) is 3.57. The van der Waals surface area contributed by atoms with Crippen LogP contribution in [0.1, 0.15) is 68.4 Å². The highest BCUT2D eigenvalue weighted by Crippen LogP contribution is 2.39. The Bertz CT molecular complexity index is 1310. The molecular weight excluding hydrogens is 444 g/mol. The highest BCUT2D eigenvalue weighted by atomic mass is 32.1. The van der Waals surface area contributed by atoms with Gasteiger partial charge in [0.15, 0.2) is 0 Å². The van der Waals surface area contributed by atoms with Crippen molar-refractivity contribution in [3.63, 3.8) is 0 Å². The molecule has 0 spiro atoms. The number of thiophene rings is 1. The quantitative estimate of drug-likeness (QED) is 0.270. The van der Waals surface area contributed by atoms with E-state index in [0.717, 1.165) is 0 Å². The van der Waals surface area contributed by atoms with Crippen LogP contribution in [0.15, 0.2) is 73.3 Å². The van der Waals surface area contributed by atoms with E-state index in [1.54, 1.807) is 11.3 Å². The van der Waals surface area contributed by atoms with Gasteiger partial charge in [0.05, 0.1) is 0 Å². The van der Waals surface area contributed by atoms with Crippen molar-refractivity contribution < 1.29 is 0 Å². The lowest BCUT2D eigenvalue weighted by Crippen LogP contribution is -2.36. The average molecular weight is 485 g/mol. The van der Waals surface area contributed by atoms with Crippen LogP contribution in [0, 0.1) is 5.92 Å². The minimum Gasteiger partial charge on any atom is -0.335 e. The first-order chi connectivity index (χ1) is 16.8. The van der Waals surface area contributed by atoms with E-state index in [1.165, 1.54) is 68.4 Å². The zero-order chi connectivity index (χ0) is 25.2. The maximum atomic E-state index is 4.17. The third-order valence-electron chi connectivity index (χ3n) is 7.75. The third-order valence-corrected chi connectivity index (χ3v) is 8.96. The Kier molecular flexibility index (Phi) is 7.68. The van der Waals surface area contributed by atoms with Gasteiger partial charge in [0.1, 0.15) is 4.83 Å². The van der Waals surface area contributed by atoms with E-state index in [9.17, 15) is 0 Å². The number of aromatic nitrogens is 1.